The van der Waals surface area contributed by atoms with Crippen molar-refractivity contribution in [1.82, 2.24) is 10.2 Å². The number of aryl methyl sites for hydroxylation is 1. The normalized spacial score (nSPS) is 18.1. The van der Waals surface area contributed by atoms with Crippen LogP contribution in [0.2, 0.25) is 0 Å². The quantitative estimate of drug-likeness (QED) is 0.857. The van der Waals surface area contributed by atoms with Crippen molar-refractivity contribution in [2.24, 2.45) is 5.92 Å². The Labute approximate surface area is 118 Å². The summed E-state index contributed by atoms with van der Waals surface area (Å²) in [7, 11) is 0. The molecular weight excluding hydrogens is 250 g/mol. The van der Waals surface area contributed by atoms with E-state index in [9.17, 15) is 0 Å². The summed E-state index contributed by atoms with van der Waals surface area (Å²) in [4.78, 5) is 0. The van der Waals surface area contributed by atoms with Gasteiger partial charge in [0.2, 0.25) is 12.3 Å². The lowest BCUT2D eigenvalue weighted by molar-refractivity contribution is 0.504. The second kappa shape index (κ2) is 5.90. The predicted molar refractivity (Wildman–Crippen MR) is 79.4 cm³/mol. The van der Waals surface area contributed by atoms with Crippen molar-refractivity contribution in [2.75, 3.05) is 11.9 Å². The van der Waals surface area contributed by atoms with E-state index >= 15 is 0 Å². The molecule has 2 aromatic rings. The number of benzene rings is 1. The Hall–Kier alpha value is -2.10. The first-order chi connectivity index (χ1) is 9.83. The first-order valence-electron chi connectivity index (χ1n) is 7.09. The largest absolute Gasteiger partial charge is 0.423 e. The zero-order valence-electron chi connectivity index (χ0n) is 11.7. The van der Waals surface area contributed by atoms with Crippen molar-refractivity contribution < 1.29 is 4.42 Å². The number of nitrogens with zero attached hydrogens (tertiary/aromatic N) is 2. The highest BCUT2D eigenvalue weighted by molar-refractivity contribution is 5.62. The fourth-order valence-electron chi connectivity index (χ4n) is 2.59. The van der Waals surface area contributed by atoms with Crippen LogP contribution in [0.15, 0.2) is 41.2 Å². The van der Waals surface area contributed by atoms with Crippen LogP contribution < -0.4 is 5.32 Å². The van der Waals surface area contributed by atoms with E-state index in [1.807, 2.05) is 6.07 Å². The van der Waals surface area contributed by atoms with E-state index in [4.69, 9.17) is 4.42 Å². The van der Waals surface area contributed by atoms with Gasteiger partial charge in [0.05, 0.1) is 0 Å². The third-order valence-corrected chi connectivity index (χ3v) is 3.79. The van der Waals surface area contributed by atoms with Gasteiger partial charge < -0.3 is 9.73 Å². The molecule has 20 heavy (non-hydrogen) atoms. The molecule has 0 amide bonds. The Morgan fingerprint density at radius 1 is 1.35 bits per heavy atom. The Kier molecular flexibility index (Phi) is 3.81. The van der Waals surface area contributed by atoms with Gasteiger partial charge in [-0.25, -0.2) is 0 Å². The molecule has 0 saturated heterocycles. The number of hydrogen-bond acceptors (Lipinski definition) is 4. The van der Waals surface area contributed by atoms with Crippen molar-refractivity contribution in [1.29, 1.82) is 0 Å². The van der Waals surface area contributed by atoms with Gasteiger partial charge in [0.25, 0.3) is 0 Å². The Bertz CT molecular complexity index is 590. The molecule has 3 rings (SSSR count). The third kappa shape index (κ3) is 2.90. The fraction of sp³-hybridized carbons (Fsp3) is 0.375. The molecule has 1 unspecified atom stereocenters. The zero-order valence-corrected chi connectivity index (χ0v) is 11.7. The van der Waals surface area contributed by atoms with Gasteiger partial charge in [-0.05, 0) is 55.9 Å². The molecule has 1 N–H and O–H groups in total. The zero-order chi connectivity index (χ0) is 13.8. The molecule has 1 aliphatic carbocycles. The summed E-state index contributed by atoms with van der Waals surface area (Å²) >= 11 is 0. The Morgan fingerprint density at radius 3 is 3.00 bits per heavy atom. The standard InChI is InChI=1S/C16H19N3O/c1-12-9-14(16-19-18-11-20-16)7-8-15(12)17-10-13-5-3-2-4-6-13/h2-3,7-9,11,13,17H,4-6,10H2,1H3. The van der Waals surface area contributed by atoms with Crippen LogP contribution in [0.25, 0.3) is 11.5 Å². The molecule has 1 aromatic carbocycles. The lowest BCUT2D eigenvalue weighted by atomic mass is 9.94. The lowest BCUT2D eigenvalue weighted by Gasteiger charge is -2.19. The minimum atomic E-state index is 0.567. The van der Waals surface area contributed by atoms with Crippen LogP contribution in [0.5, 0.6) is 0 Å². The number of anilines is 1. The molecule has 1 aromatic heterocycles. The van der Waals surface area contributed by atoms with E-state index in [0.29, 0.717) is 5.89 Å². The maximum Gasteiger partial charge on any atom is 0.247 e. The van der Waals surface area contributed by atoms with Crippen molar-refractivity contribution in [3.8, 4) is 11.5 Å². The van der Waals surface area contributed by atoms with Crippen LogP contribution in [-0.2, 0) is 0 Å². The lowest BCUT2D eigenvalue weighted by Crippen LogP contribution is -2.15. The Balaban J connectivity index is 1.66. The monoisotopic (exact) mass is 269 g/mol. The molecule has 4 nitrogen and oxygen atoms in total. The molecule has 0 bridgehead atoms. The van der Waals surface area contributed by atoms with Crippen molar-refractivity contribution >= 4 is 5.69 Å². The van der Waals surface area contributed by atoms with E-state index in [-0.39, 0.29) is 0 Å². The molecule has 1 atom stereocenters. The smallest absolute Gasteiger partial charge is 0.247 e. The summed E-state index contributed by atoms with van der Waals surface area (Å²) in [6.45, 7) is 3.13. The van der Waals surface area contributed by atoms with Gasteiger partial charge in [-0.15, -0.1) is 10.2 Å². The van der Waals surface area contributed by atoms with Gasteiger partial charge >= 0.3 is 0 Å². The van der Waals surface area contributed by atoms with Gasteiger partial charge in [-0.1, -0.05) is 12.2 Å². The first-order valence-corrected chi connectivity index (χ1v) is 7.09. The second-order valence-electron chi connectivity index (χ2n) is 5.30. The fourth-order valence-corrected chi connectivity index (χ4v) is 2.59. The second-order valence-corrected chi connectivity index (χ2v) is 5.30. The van der Waals surface area contributed by atoms with Crippen LogP contribution in [0, 0.1) is 12.8 Å². The van der Waals surface area contributed by atoms with Gasteiger partial charge in [-0.3, -0.25) is 0 Å². The van der Waals surface area contributed by atoms with Crippen LogP contribution in [0.1, 0.15) is 24.8 Å². The number of nitrogens with one attached hydrogen (secondary N) is 1. The Morgan fingerprint density at radius 2 is 2.30 bits per heavy atom. The maximum atomic E-state index is 5.22. The van der Waals surface area contributed by atoms with E-state index in [1.165, 1.54) is 36.9 Å². The molecule has 0 spiro atoms. The minimum absolute atomic E-state index is 0.567. The highest BCUT2D eigenvalue weighted by atomic mass is 16.4. The summed E-state index contributed by atoms with van der Waals surface area (Å²) in [6, 6.07) is 6.19. The van der Waals surface area contributed by atoms with Crippen molar-refractivity contribution in [2.45, 2.75) is 26.2 Å². The summed E-state index contributed by atoms with van der Waals surface area (Å²) in [6.07, 6.45) is 9.60. The van der Waals surface area contributed by atoms with E-state index in [2.05, 4.69) is 46.7 Å². The molecule has 104 valence electrons. The highest BCUT2D eigenvalue weighted by Crippen LogP contribution is 2.24. The van der Waals surface area contributed by atoms with Crippen LogP contribution >= 0.6 is 0 Å². The summed E-state index contributed by atoms with van der Waals surface area (Å²) in [5.74, 6) is 1.31. The van der Waals surface area contributed by atoms with Crippen LogP contribution in [-0.4, -0.2) is 16.7 Å². The summed E-state index contributed by atoms with van der Waals surface area (Å²) < 4.78 is 5.22. The topological polar surface area (TPSA) is 51.0 Å². The minimum Gasteiger partial charge on any atom is -0.423 e. The van der Waals surface area contributed by atoms with Crippen LogP contribution in [0.4, 0.5) is 5.69 Å². The van der Waals surface area contributed by atoms with Gasteiger partial charge in [-0.2, -0.15) is 0 Å². The van der Waals surface area contributed by atoms with E-state index < -0.39 is 0 Å². The van der Waals surface area contributed by atoms with Gasteiger partial charge in [0.15, 0.2) is 0 Å². The number of rotatable bonds is 4. The van der Waals surface area contributed by atoms with Crippen molar-refractivity contribution in [3.63, 3.8) is 0 Å². The molecule has 0 aliphatic heterocycles. The highest BCUT2D eigenvalue weighted by Gasteiger charge is 2.11. The van der Waals surface area contributed by atoms with Gasteiger partial charge in [0, 0.05) is 17.8 Å². The SMILES string of the molecule is Cc1cc(-c2nnco2)ccc1NCC1CC=CCC1. The molecule has 0 radical (unpaired) electrons. The van der Waals surface area contributed by atoms with Gasteiger partial charge in [0.1, 0.15) is 0 Å². The molecule has 1 heterocycles. The summed E-state index contributed by atoms with van der Waals surface area (Å²) in [5, 5.41) is 11.2. The van der Waals surface area contributed by atoms with Crippen LogP contribution in [0.3, 0.4) is 0 Å². The number of hydrogen-bond donors (Lipinski definition) is 1. The molecule has 0 saturated carbocycles. The van der Waals surface area contributed by atoms with E-state index in [1.54, 1.807) is 0 Å². The average molecular weight is 269 g/mol. The molecule has 4 heteroatoms. The number of aromatic nitrogens is 2. The van der Waals surface area contributed by atoms with E-state index in [0.717, 1.165) is 18.0 Å². The predicted octanol–water partition coefficient (Wildman–Crippen LogP) is 3.81. The maximum absolute atomic E-state index is 5.22. The molecule has 1 aliphatic rings. The molecular formula is C16H19N3O. The van der Waals surface area contributed by atoms with Crippen molar-refractivity contribution in [3.05, 3.63) is 42.3 Å². The first kappa shape index (κ1) is 12.9. The molecule has 0 fully saturated rings. The number of allylic oxidation sites excluding steroid dienone is 2. The third-order valence-electron chi connectivity index (χ3n) is 3.79. The summed E-state index contributed by atoms with van der Waals surface area (Å²) in [5.41, 5.74) is 3.35. The average Bonchev–Trinajstić information content (AvgIpc) is 3.01.